The second-order valence-electron chi connectivity index (χ2n) is 14.0. The molecule has 2 unspecified atom stereocenters. The van der Waals surface area contributed by atoms with Crippen molar-refractivity contribution < 1.29 is 14.2 Å². The Morgan fingerprint density at radius 2 is 1.10 bits per heavy atom. The van der Waals surface area contributed by atoms with E-state index >= 15 is 0 Å². The van der Waals surface area contributed by atoms with Crippen molar-refractivity contribution in [3.05, 3.63) is 0 Å². The van der Waals surface area contributed by atoms with E-state index in [1.807, 2.05) is 6.92 Å². The van der Waals surface area contributed by atoms with Gasteiger partial charge in [0, 0.05) is 19.6 Å². The van der Waals surface area contributed by atoms with Crippen LogP contribution in [0.1, 0.15) is 174 Å². The summed E-state index contributed by atoms with van der Waals surface area (Å²) in [5.41, 5.74) is -0.0664. The van der Waals surface area contributed by atoms with Crippen LogP contribution in [0.15, 0.2) is 0 Å². The lowest BCUT2D eigenvalue weighted by atomic mass is 9.89. The fraction of sp³-hybridized carbons (Fsp3) is 1.00. The Hall–Kier alpha value is -0.120. The number of hydrogen-bond acceptors (Lipinski definition) is 3. The molecule has 0 amide bonds. The van der Waals surface area contributed by atoms with Gasteiger partial charge < -0.3 is 14.2 Å². The summed E-state index contributed by atoms with van der Waals surface area (Å²) in [6, 6.07) is 0. The standard InChI is InChI=1S/C18H38.C11H24O2.C7H16O/c1-6-10-18(11-7-2)15-9-14-17(5)13-8-12-16(3)4;1-7-12-11(5,6)8-10(4)13-9(2)3;1-6(2)5-8-7(3)4/h16-18H,6-15H2,1-5H3;9-10H,7-8H2,1-6H3;6-7H,5H2,1-4H3. The molecule has 0 aliphatic rings. The first kappa shape index (κ1) is 43.3. The zero-order chi connectivity index (χ0) is 30.9. The molecule has 39 heavy (non-hydrogen) atoms. The second kappa shape index (κ2) is 28.0. The first-order valence-electron chi connectivity index (χ1n) is 17.0. The van der Waals surface area contributed by atoms with Gasteiger partial charge in [0.05, 0.1) is 23.9 Å². The molecule has 0 aliphatic carbocycles. The largest absolute Gasteiger partial charge is 0.379 e. The highest BCUT2D eigenvalue weighted by atomic mass is 16.5. The molecular weight excluding hydrogens is 480 g/mol. The van der Waals surface area contributed by atoms with Gasteiger partial charge in [0.15, 0.2) is 0 Å². The molecule has 0 aromatic rings. The fourth-order valence-electron chi connectivity index (χ4n) is 5.06. The molecule has 0 aromatic heterocycles. The fourth-order valence-corrected chi connectivity index (χ4v) is 5.06. The summed E-state index contributed by atoms with van der Waals surface area (Å²) in [5.74, 6) is 3.52. The lowest BCUT2D eigenvalue weighted by molar-refractivity contribution is -0.0691. The predicted molar refractivity (Wildman–Crippen MR) is 177 cm³/mol. The molecule has 2 atom stereocenters. The molecule has 0 spiro atoms. The monoisotopic (exact) mass is 559 g/mol. The minimum atomic E-state index is -0.0664. The van der Waals surface area contributed by atoms with Crippen LogP contribution < -0.4 is 0 Å². The lowest BCUT2D eigenvalue weighted by Gasteiger charge is -2.28. The molecule has 0 fully saturated rings. The summed E-state index contributed by atoms with van der Waals surface area (Å²) < 4.78 is 16.6. The van der Waals surface area contributed by atoms with Crippen LogP contribution in [0.4, 0.5) is 0 Å². The third-order valence-electron chi connectivity index (χ3n) is 6.76. The first-order chi connectivity index (χ1) is 18.1. The van der Waals surface area contributed by atoms with Crippen molar-refractivity contribution in [2.24, 2.45) is 23.7 Å². The Labute approximate surface area is 249 Å². The molecule has 0 saturated heterocycles. The Morgan fingerprint density at radius 3 is 1.46 bits per heavy atom. The van der Waals surface area contributed by atoms with Crippen LogP contribution >= 0.6 is 0 Å². The van der Waals surface area contributed by atoms with Crippen LogP contribution in [-0.4, -0.2) is 37.1 Å². The molecule has 3 heteroatoms. The average molecular weight is 559 g/mol. The topological polar surface area (TPSA) is 27.7 Å². The highest BCUT2D eigenvalue weighted by Crippen LogP contribution is 2.24. The first-order valence-corrected chi connectivity index (χ1v) is 17.0. The van der Waals surface area contributed by atoms with Crippen LogP contribution in [0.5, 0.6) is 0 Å². The van der Waals surface area contributed by atoms with E-state index in [0.717, 1.165) is 37.4 Å². The van der Waals surface area contributed by atoms with Crippen molar-refractivity contribution in [1.82, 2.24) is 0 Å². The van der Waals surface area contributed by atoms with E-state index in [2.05, 4.69) is 96.9 Å². The van der Waals surface area contributed by atoms with Gasteiger partial charge in [-0.25, -0.2) is 0 Å². The van der Waals surface area contributed by atoms with E-state index < -0.39 is 0 Å². The normalized spacial score (nSPS) is 13.5. The molecule has 0 heterocycles. The molecule has 0 aliphatic heterocycles. The molecule has 0 bridgehead atoms. The van der Waals surface area contributed by atoms with Gasteiger partial charge in [0.25, 0.3) is 0 Å². The van der Waals surface area contributed by atoms with Gasteiger partial charge in [0.2, 0.25) is 0 Å². The highest BCUT2D eigenvalue weighted by Gasteiger charge is 2.21. The molecule has 0 rings (SSSR count). The summed E-state index contributed by atoms with van der Waals surface area (Å²) >= 11 is 0. The van der Waals surface area contributed by atoms with Crippen LogP contribution in [0.2, 0.25) is 0 Å². The van der Waals surface area contributed by atoms with Crippen molar-refractivity contribution in [2.45, 2.75) is 198 Å². The summed E-state index contributed by atoms with van der Waals surface area (Å²) in [4.78, 5) is 0. The van der Waals surface area contributed by atoms with Crippen molar-refractivity contribution in [2.75, 3.05) is 13.2 Å². The molecule has 0 radical (unpaired) electrons. The van der Waals surface area contributed by atoms with E-state index in [9.17, 15) is 0 Å². The minimum absolute atomic E-state index is 0.0664. The van der Waals surface area contributed by atoms with Crippen LogP contribution in [0, 0.1) is 23.7 Å². The zero-order valence-corrected chi connectivity index (χ0v) is 30.0. The van der Waals surface area contributed by atoms with Gasteiger partial charge in [0.1, 0.15) is 0 Å². The van der Waals surface area contributed by atoms with Gasteiger partial charge in [-0.05, 0) is 79.1 Å². The van der Waals surface area contributed by atoms with E-state index in [1.54, 1.807) is 0 Å². The maximum atomic E-state index is 5.65. The second-order valence-corrected chi connectivity index (χ2v) is 14.0. The SMILES string of the molecule is CC(C)COC(C)C.CCCC(CCC)CCCC(C)CCCC(C)C.CCOC(C)(C)CC(C)OC(C)C. The van der Waals surface area contributed by atoms with Gasteiger partial charge in [-0.3, -0.25) is 0 Å². The summed E-state index contributed by atoms with van der Waals surface area (Å²) in [6.45, 7) is 34.3. The Kier molecular flexibility index (Phi) is 31.1. The quantitative estimate of drug-likeness (QED) is 0.140. The molecule has 0 N–H and O–H groups in total. The Bertz CT molecular complexity index is 456. The van der Waals surface area contributed by atoms with E-state index in [0.29, 0.717) is 18.1 Å². The van der Waals surface area contributed by atoms with Crippen LogP contribution in [0.25, 0.3) is 0 Å². The van der Waals surface area contributed by atoms with Gasteiger partial charge in [-0.2, -0.15) is 0 Å². The third kappa shape index (κ3) is 37.9. The maximum Gasteiger partial charge on any atom is 0.0650 e. The number of hydrogen-bond donors (Lipinski definition) is 0. The summed E-state index contributed by atoms with van der Waals surface area (Å²) in [5, 5.41) is 0. The Balaban J connectivity index is -0.000000539. The van der Waals surface area contributed by atoms with Crippen molar-refractivity contribution in [3.8, 4) is 0 Å². The molecule has 0 aromatic carbocycles. The van der Waals surface area contributed by atoms with Crippen LogP contribution in [-0.2, 0) is 14.2 Å². The van der Waals surface area contributed by atoms with E-state index in [1.165, 1.54) is 64.2 Å². The average Bonchev–Trinajstić information content (AvgIpc) is 2.77. The third-order valence-corrected chi connectivity index (χ3v) is 6.76. The Morgan fingerprint density at radius 1 is 0.590 bits per heavy atom. The van der Waals surface area contributed by atoms with Crippen molar-refractivity contribution in [3.63, 3.8) is 0 Å². The maximum absolute atomic E-state index is 5.65. The van der Waals surface area contributed by atoms with E-state index in [-0.39, 0.29) is 11.7 Å². The van der Waals surface area contributed by atoms with E-state index in [4.69, 9.17) is 14.2 Å². The predicted octanol–water partition coefficient (Wildman–Crippen LogP) is 11.9. The smallest absolute Gasteiger partial charge is 0.0650 e. The molecule has 0 saturated carbocycles. The van der Waals surface area contributed by atoms with Crippen LogP contribution in [0.3, 0.4) is 0 Å². The number of ether oxygens (including phenoxy) is 3. The lowest BCUT2D eigenvalue weighted by Crippen LogP contribution is -2.31. The highest BCUT2D eigenvalue weighted by molar-refractivity contribution is 4.72. The zero-order valence-electron chi connectivity index (χ0n) is 30.0. The number of rotatable bonds is 21. The molecule has 240 valence electrons. The van der Waals surface area contributed by atoms with Gasteiger partial charge in [-0.15, -0.1) is 0 Å². The summed E-state index contributed by atoms with van der Waals surface area (Å²) in [6.07, 6.45) is 16.3. The summed E-state index contributed by atoms with van der Waals surface area (Å²) in [7, 11) is 0. The van der Waals surface area contributed by atoms with Crippen molar-refractivity contribution in [1.29, 1.82) is 0 Å². The van der Waals surface area contributed by atoms with Crippen molar-refractivity contribution >= 4 is 0 Å². The molecule has 3 nitrogen and oxygen atoms in total. The van der Waals surface area contributed by atoms with Gasteiger partial charge in [-0.1, -0.05) is 113 Å². The minimum Gasteiger partial charge on any atom is -0.379 e. The molecular formula is C36H78O3. The van der Waals surface area contributed by atoms with Gasteiger partial charge >= 0.3 is 0 Å².